The molecule has 0 aromatic carbocycles. The van der Waals surface area contributed by atoms with Gasteiger partial charge in [0.05, 0.1) is 29.0 Å². The lowest BCUT2D eigenvalue weighted by molar-refractivity contribution is -0.115. The normalized spacial score (nSPS) is 14.6. The molecule has 0 aliphatic carbocycles. The third-order valence-electron chi connectivity index (χ3n) is 4.49. The van der Waals surface area contributed by atoms with Gasteiger partial charge < -0.3 is 20.5 Å². The molecular weight excluding hydrogens is 352 g/mol. The third kappa shape index (κ3) is 3.36. The summed E-state index contributed by atoms with van der Waals surface area (Å²) in [5.74, 6) is -0.116. The van der Waals surface area contributed by atoms with Crippen LogP contribution in [-0.4, -0.2) is 47.0 Å². The summed E-state index contributed by atoms with van der Waals surface area (Å²) in [6.07, 6.45) is 7.07. The van der Waals surface area contributed by atoms with Crippen molar-refractivity contribution in [3.05, 3.63) is 47.5 Å². The fourth-order valence-corrected chi connectivity index (χ4v) is 3.52. The molecule has 7 nitrogen and oxygen atoms in total. The van der Waals surface area contributed by atoms with E-state index in [1.54, 1.807) is 30.9 Å². The van der Waals surface area contributed by atoms with Gasteiger partial charge in [0.1, 0.15) is 5.65 Å². The second kappa shape index (κ2) is 7.31. The van der Waals surface area contributed by atoms with Crippen LogP contribution in [0.2, 0.25) is 5.02 Å². The Morgan fingerprint density at radius 1 is 1.27 bits per heavy atom. The van der Waals surface area contributed by atoms with Gasteiger partial charge in [-0.1, -0.05) is 11.6 Å². The smallest absolute Gasteiger partial charge is 0.228 e. The number of aromatic nitrogens is 3. The van der Waals surface area contributed by atoms with Crippen molar-refractivity contribution in [2.24, 2.45) is 0 Å². The maximum absolute atomic E-state index is 12.6. The van der Waals surface area contributed by atoms with Gasteiger partial charge in [0.25, 0.3) is 0 Å². The number of hydrogen-bond donors (Lipinski definition) is 3. The molecule has 1 aliphatic heterocycles. The van der Waals surface area contributed by atoms with Gasteiger partial charge in [-0.25, -0.2) is 4.98 Å². The van der Waals surface area contributed by atoms with E-state index >= 15 is 0 Å². The minimum Gasteiger partial charge on any atom is -0.367 e. The van der Waals surface area contributed by atoms with Crippen LogP contribution in [0, 0.1) is 0 Å². The fourth-order valence-electron chi connectivity index (χ4n) is 3.25. The number of pyridine rings is 2. The molecule has 0 atom stereocenters. The highest BCUT2D eigenvalue weighted by molar-refractivity contribution is 6.35. The van der Waals surface area contributed by atoms with E-state index in [1.165, 1.54) is 0 Å². The average Bonchev–Trinajstić information content (AvgIpc) is 3.07. The molecule has 3 aromatic heterocycles. The molecule has 4 heterocycles. The van der Waals surface area contributed by atoms with Crippen LogP contribution < -0.4 is 15.5 Å². The Bertz CT molecular complexity index is 934. The number of hydrogen-bond acceptors (Lipinski definition) is 5. The van der Waals surface area contributed by atoms with E-state index < -0.39 is 0 Å². The first-order chi connectivity index (χ1) is 12.7. The molecule has 1 aliphatic rings. The summed E-state index contributed by atoms with van der Waals surface area (Å²) in [5, 5.41) is 7.69. The van der Waals surface area contributed by atoms with Gasteiger partial charge in [-0.15, -0.1) is 0 Å². The molecule has 0 spiro atoms. The standard InChI is InChI=1S/C18H19ClN6O/c19-13-1-4-22-18-17(13)12(10-23-18)9-16(26)24-14-11-21-3-2-15(14)25-7-5-20-6-8-25/h1-4,10-11,20H,5-9H2,(H,22,23)(H,24,26). The number of nitrogens with zero attached hydrogens (tertiary/aromatic N) is 3. The molecule has 0 saturated carbocycles. The van der Waals surface area contributed by atoms with Crippen LogP contribution in [0.25, 0.3) is 11.0 Å². The zero-order chi connectivity index (χ0) is 17.9. The summed E-state index contributed by atoms with van der Waals surface area (Å²) in [7, 11) is 0. The van der Waals surface area contributed by atoms with Crippen LogP contribution in [0.15, 0.2) is 36.9 Å². The van der Waals surface area contributed by atoms with Crippen molar-refractivity contribution in [1.82, 2.24) is 20.3 Å². The van der Waals surface area contributed by atoms with Crippen molar-refractivity contribution in [2.75, 3.05) is 36.4 Å². The molecule has 1 amide bonds. The average molecular weight is 371 g/mol. The molecule has 1 fully saturated rings. The van der Waals surface area contributed by atoms with Crippen molar-refractivity contribution >= 4 is 39.9 Å². The van der Waals surface area contributed by atoms with Crippen molar-refractivity contribution in [1.29, 1.82) is 0 Å². The predicted molar refractivity (Wildman–Crippen MR) is 103 cm³/mol. The number of fused-ring (bicyclic) bond motifs is 1. The topological polar surface area (TPSA) is 85.9 Å². The number of H-pyrrole nitrogens is 1. The van der Waals surface area contributed by atoms with E-state index in [4.69, 9.17) is 11.6 Å². The van der Waals surface area contributed by atoms with Gasteiger partial charge in [-0.3, -0.25) is 9.78 Å². The lowest BCUT2D eigenvalue weighted by Crippen LogP contribution is -2.43. The first-order valence-electron chi connectivity index (χ1n) is 8.52. The van der Waals surface area contributed by atoms with Gasteiger partial charge in [0.2, 0.25) is 5.91 Å². The molecule has 0 radical (unpaired) electrons. The van der Waals surface area contributed by atoms with E-state index in [9.17, 15) is 4.79 Å². The number of piperazine rings is 1. The number of carbonyl (C=O) groups excluding carboxylic acids is 1. The van der Waals surface area contributed by atoms with Crippen LogP contribution in [0.1, 0.15) is 5.56 Å². The Kier molecular flexibility index (Phi) is 4.73. The van der Waals surface area contributed by atoms with Crippen LogP contribution in [0.3, 0.4) is 0 Å². The lowest BCUT2D eigenvalue weighted by atomic mass is 10.1. The molecular formula is C18H19ClN6O. The highest BCUT2D eigenvalue weighted by atomic mass is 35.5. The van der Waals surface area contributed by atoms with E-state index in [1.807, 2.05) is 6.07 Å². The van der Waals surface area contributed by atoms with E-state index in [0.717, 1.165) is 48.5 Å². The number of aromatic amines is 1. The monoisotopic (exact) mass is 370 g/mol. The van der Waals surface area contributed by atoms with Gasteiger partial charge in [-0.05, 0) is 17.7 Å². The van der Waals surface area contributed by atoms with Gasteiger partial charge in [-0.2, -0.15) is 0 Å². The zero-order valence-corrected chi connectivity index (χ0v) is 14.9. The molecule has 8 heteroatoms. The maximum atomic E-state index is 12.6. The Balaban J connectivity index is 1.53. The molecule has 3 N–H and O–H groups in total. The number of anilines is 2. The predicted octanol–water partition coefficient (Wildman–Crippen LogP) is 2.20. The Morgan fingerprint density at radius 2 is 2.12 bits per heavy atom. The number of rotatable bonds is 4. The molecule has 134 valence electrons. The second-order valence-corrected chi connectivity index (χ2v) is 6.59. The third-order valence-corrected chi connectivity index (χ3v) is 4.80. The highest BCUT2D eigenvalue weighted by Crippen LogP contribution is 2.27. The lowest BCUT2D eigenvalue weighted by Gasteiger charge is -2.30. The summed E-state index contributed by atoms with van der Waals surface area (Å²) in [4.78, 5) is 26.3. The fraction of sp³-hybridized carbons (Fsp3) is 0.278. The van der Waals surface area contributed by atoms with Crippen molar-refractivity contribution in [3.63, 3.8) is 0 Å². The van der Waals surface area contributed by atoms with Crippen molar-refractivity contribution in [3.8, 4) is 0 Å². The molecule has 0 unspecified atom stereocenters. The summed E-state index contributed by atoms with van der Waals surface area (Å²) >= 11 is 6.26. The van der Waals surface area contributed by atoms with Gasteiger partial charge >= 0.3 is 0 Å². The minimum absolute atomic E-state index is 0.116. The first kappa shape index (κ1) is 16.8. The summed E-state index contributed by atoms with van der Waals surface area (Å²) in [6, 6.07) is 3.66. The van der Waals surface area contributed by atoms with E-state index in [0.29, 0.717) is 10.7 Å². The summed E-state index contributed by atoms with van der Waals surface area (Å²) < 4.78 is 0. The quantitative estimate of drug-likeness (QED) is 0.655. The van der Waals surface area contributed by atoms with Crippen LogP contribution in [-0.2, 0) is 11.2 Å². The molecule has 0 bridgehead atoms. The molecule has 1 saturated heterocycles. The number of halogens is 1. The highest BCUT2D eigenvalue weighted by Gasteiger charge is 2.17. The van der Waals surface area contributed by atoms with E-state index in [2.05, 4.69) is 30.5 Å². The minimum atomic E-state index is -0.116. The first-order valence-corrected chi connectivity index (χ1v) is 8.90. The van der Waals surface area contributed by atoms with Crippen LogP contribution in [0.5, 0.6) is 0 Å². The Morgan fingerprint density at radius 3 is 2.96 bits per heavy atom. The van der Waals surface area contributed by atoms with Crippen molar-refractivity contribution < 1.29 is 4.79 Å². The summed E-state index contributed by atoms with van der Waals surface area (Å²) in [6.45, 7) is 3.65. The number of nitrogens with one attached hydrogen (secondary N) is 3. The number of carbonyl (C=O) groups is 1. The largest absolute Gasteiger partial charge is 0.367 e. The number of amides is 1. The van der Waals surface area contributed by atoms with Crippen LogP contribution >= 0.6 is 11.6 Å². The summed E-state index contributed by atoms with van der Waals surface area (Å²) in [5.41, 5.74) is 3.23. The zero-order valence-electron chi connectivity index (χ0n) is 14.1. The molecule has 3 aromatic rings. The van der Waals surface area contributed by atoms with E-state index in [-0.39, 0.29) is 12.3 Å². The molecule has 4 rings (SSSR count). The van der Waals surface area contributed by atoms with Gasteiger partial charge in [0, 0.05) is 50.2 Å². The SMILES string of the molecule is O=C(Cc1c[nH]c2nccc(Cl)c12)Nc1cnccc1N1CCNCC1. The van der Waals surface area contributed by atoms with Gasteiger partial charge in [0.15, 0.2) is 0 Å². The van der Waals surface area contributed by atoms with Crippen molar-refractivity contribution in [2.45, 2.75) is 6.42 Å². The van der Waals surface area contributed by atoms with Crippen LogP contribution in [0.4, 0.5) is 11.4 Å². The Hall–Kier alpha value is -2.64. The molecule has 26 heavy (non-hydrogen) atoms. The second-order valence-electron chi connectivity index (χ2n) is 6.19. The Labute approximate surface area is 155 Å². The maximum Gasteiger partial charge on any atom is 0.228 e.